The van der Waals surface area contributed by atoms with Crippen molar-refractivity contribution in [3.05, 3.63) is 10.5 Å². The fraction of sp³-hybridized carbons (Fsp3) is 0.556. The van der Waals surface area contributed by atoms with Gasteiger partial charge in [-0.25, -0.2) is 9.89 Å². The molecule has 0 atom stereocenters. The zero-order valence-corrected chi connectivity index (χ0v) is 10.8. The van der Waals surface area contributed by atoms with Crippen LogP contribution in [0.4, 0.5) is 0 Å². The summed E-state index contributed by atoms with van der Waals surface area (Å²) in [6.07, 6.45) is -0.0485. The fourth-order valence-electron chi connectivity index (χ4n) is 1.54. The molecule has 100 valence electrons. The van der Waals surface area contributed by atoms with Crippen LogP contribution in [0.5, 0.6) is 0 Å². The van der Waals surface area contributed by atoms with Gasteiger partial charge in [-0.1, -0.05) is 11.8 Å². The van der Waals surface area contributed by atoms with Crippen molar-refractivity contribution in [2.45, 2.75) is 31.0 Å². The van der Waals surface area contributed by atoms with E-state index in [0.29, 0.717) is 0 Å². The Morgan fingerprint density at radius 3 is 2.67 bits per heavy atom. The highest BCUT2D eigenvalue weighted by Gasteiger charge is 2.28. The Hall–Kier alpha value is -1.77. The number of H-pyrrole nitrogens is 1. The Morgan fingerprint density at radius 2 is 2.17 bits per heavy atom. The second kappa shape index (κ2) is 5.25. The third-order valence-corrected chi connectivity index (χ3v) is 3.10. The largest absolute Gasteiger partial charge is 0.481 e. The summed E-state index contributed by atoms with van der Waals surface area (Å²) >= 11 is 0.899. The van der Waals surface area contributed by atoms with Crippen molar-refractivity contribution in [1.29, 1.82) is 0 Å². The van der Waals surface area contributed by atoms with Crippen molar-refractivity contribution in [1.82, 2.24) is 14.8 Å². The molecule has 0 aliphatic heterocycles. The van der Waals surface area contributed by atoms with Gasteiger partial charge in [-0.15, -0.1) is 5.10 Å². The maximum absolute atomic E-state index is 11.6. The van der Waals surface area contributed by atoms with Crippen LogP contribution in [0.15, 0.2) is 9.95 Å². The summed E-state index contributed by atoms with van der Waals surface area (Å²) in [7, 11) is 0. The summed E-state index contributed by atoms with van der Waals surface area (Å²) in [5, 5.41) is 14.8. The molecule has 8 nitrogen and oxygen atoms in total. The first-order valence-corrected chi connectivity index (χ1v) is 6.03. The number of carboxylic acids is 1. The number of amides is 1. The minimum absolute atomic E-state index is 0.0485. The number of aliphatic carboxylic acids is 1. The molecule has 1 amide bonds. The van der Waals surface area contributed by atoms with Crippen LogP contribution in [0.25, 0.3) is 0 Å². The molecular weight excluding hydrogens is 260 g/mol. The van der Waals surface area contributed by atoms with E-state index in [9.17, 15) is 14.4 Å². The summed E-state index contributed by atoms with van der Waals surface area (Å²) in [6.45, 7) is 3.30. The fourth-order valence-corrected chi connectivity index (χ4v) is 2.37. The molecule has 9 heteroatoms. The molecule has 0 aliphatic rings. The molecule has 0 aromatic carbocycles. The molecule has 0 unspecified atom stereocenters. The monoisotopic (exact) mass is 274 g/mol. The number of nitrogens with zero attached hydrogens (tertiary/aromatic N) is 2. The number of thioether (sulfide) groups is 1. The maximum Gasteiger partial charge on any atom is 0.344 e. The van der Waals surface area contributed by atoms with Gasteiger partial charge in [0.15, 0.2) is 5.16 Å². The smallest absolute Gasteiger partial charge is 0.344 e. The van der Waals surface area contributed by atoms with Gasteiger partial charge in [0.2, 0.25) is 5.91 Å². The summed E-state index contributed by atoms with van der Waals surface area (Å²) < 4.78 is 1.24. The van der Waals surface area contributed by atoms with Gasteiger partial charge in [0.25, 0.3) is 0 Å². The van der Waals surface area contributed by atoms with E-state index in [4.69, 9.17) is 10.8 Å². The number of rotatable bonds is 6. The number of carbonyl (C=O) groups excluding carboxylic acids is 1. The van der Waals surface area contributed by atoms with Gasteiger partial charge in [-0.3, -0.25) is 14.2 Å². The predicted molar refractivity (Wildman–Crippen MR) is 64.3 cm³/mol. The van der Waals surface area contributed by atoms with E-state index in [1.54, 1.807) is 13.8 Å². The zero-order chi connectivity index (χ0) is 13.9. The third kappa shape index (κ3) is 3.36. The first-order valence-electron chi connectivity index (χ1n) is 5.05. The molecule has 0 saturated carbocycles. The molecule has 0 spiro atoms. The number of hydrogen-bond acceptors (Lipinski definition) is 5. The highest BCUT2D eigenvalue weighted by atomic mass is 32.2. The van der Waals surface area contributed by atoms with Crippen LogP contribution in [-0.2, 0) is 15.1 Å². The van der Waals surface area contributed by atoms with Crippen molar-refractivity contribution in [2.75, 3.05) is 5.75 Å². The number of nitrogens with two attached hydrogens (primary N) is 1. The molecule has 0 radical (unpaired) electrons. The molecule has 0 fully saturated rings. The average Bonchev–Trinajstić information content (AvgIpc) is 2.55. The maximum atomic E-state index is 11.6. The Bertz CT molecular complexity index is 519. The zero-order valence-electron chi connectivity index (χ0n) is 9.97. The minimum Gasteiger partial charge on any atom is -0.481 e. The molecule has 4 N–H and O–H groups in total. The highest BCUT2D eigenvalue weighted by molar-refractivity contribution is 7.99. The molecule has 1 aromatic heterocycles. The van der Waals surface area contributed by atoms with E-state index in [1.807, 2.05) is 0 Å². The van der Waals surface area contributed by atoms with Crippen LogP contribution < -0.4 is 11.4 Å². The molecule has 0 bridgehead atoms. The number of aromatic amines is 1. The molecular formula is C9H14N4O4S. The Morgan fingerprint density at radius 1 is 1.56 bits per heavy atom. The first-order chi connectivity index (χ1) is 8.24. The summed E-state index contributed by atoms with van der Waals surface area (Å²) in [5.41, 5.74) is 3.75. The van der Waals surface area contributed by atoms with Crippen molar-refractivity contribution in [3.8, 4) is 0 Å². The second-order valence-corrected chi connectivity index (χ2v) is 5.23. The standard InChI is InChI=1S/C9H14N4O4S/c1-9(2,3-5(10)14)13-7(17)11-12-8(13)18-4-6(15)16/h3-4H2,1-2H3,(H2,10,14)(H,11,17)(H,15,16). The van der Waals surface area contributed by atoms with E-state index >= 15 is 0 Å². The number of carbonyl (C=O) groups is 2. The minimum atomic E-state index is -1.02. The number of nitrogens with one attached hydrogen (secondary N) is 1. The van der Waals surface area contributed by atoms with Gasteiger partial charge >= 0.3 is 11.7 Å². The normalized spacial score (nSPS) is 11.4. The summed E-state index contributed by atoms with van der Waals surface area (Å²) in [6, 6.07) is 0. The number of aromatic nitrogens is 3. The average molecular weight is 274 g/mol. The van der Waals surface area contributed by atoms with E-state index in [2.05, 4.69) is 10.2 Å². The van der Waals surface area contributed by atoms with Crippen LogP contribution in [0.2, 0.25) is 0 Å². The SMILES string of the molecule is CC(C)(CC(N)=O)n1c(SCC(=O)O)n[nH]c1=O. The van der Waals surface area contributed by atoms with Crippen LogP contribution in [0.3, 0.4) is 0 Å². The lowest BCUT2D eigenvalue weighted by molar-refractivity contribution is -0.134. The van der Waals surface area contributed by atoms with Crippen LogP contribution in [-0.4, -0.2) is 37.5 Å². The Kier molecular flexibility index (Phi) is 4.17. The molecule has 18 heavy (non-hydrogen) atoms. The lowest BCUT2D eigenvalue weighted by atomic mass is 10.0. The topological polar surface area (TPSA) is 131 Å². The van der Waals surface area contributed by atoms with Gasteiger partial charge in [0, 0.05) is 6.42 Å². The quantitative estimate of drug-likeness (QED) is 0.591. The van der Waals surface area contributed by atoms with Crippen LogP contribution in [0.1, 0.15) is 20.3 Å². The predicted octanol–water partition coefficient (Wildman–Crippen LogP) is -0.641. The van der Waals surface area contributed by atoms with E-state index in [0.717, 1.165) is 11.8 Å². The highest BCUT2D eigenvalue weighted by Crippen LogP contribution is 2.23. The molecule has 1 aromatic rings. The summed E-state index contributed by atoms with van der Waals surface area (Å²) in [5.74, 6) is -1.80. The number of primary amides is 1. The van der Waals surface area contributed by atoms with Crippen LogP contribution in [0, 0.1) is 0 Å². The van der Waals surface area contributed by atoms with Gasteiger partial charge in [-0.2, -0.15) is 0 Å². The van der Waals surface area contributed by atoms with Crippen molar-refractivity contribution < 1.29 is 14.7 Å². The van der Waals surface area contributed by atoms with E-state index < -0.39 is 23.1 Å². The van der Waals surface area contributed by atoms with Gasteiger partial charge in [-0.05, 0) is 13.8 Å². The van der Waals surface area contributed by atoms with Crippen molar-refractivity contribution >= 4 is 23.6 Å². The summed E-state index contributed by atoms with van der Waals surface area (Å²) in [4.78, 5) is 33.1. The lowest BCUT2D eigenvalue weighted by Gasteiger charge is -2.24. The van der Waals surface area contributed by atoms with E-state index in [-0.39, 0.29) is 17.3 Å². The molecule has 1 rings (SSSR count). The first kappa shape index (κ1) is 14.3. The van der Waals surface area contributed by atoms with Crippen molar-refractivity contribution in [2.24, 2.45) is 5.73 Å². The van der Waals surface area contributed by atoms with Gasteiger partial charge in [0.05, 0.1) is 11.3 Å². The lowest BCUT2D eigenvalue weighted by Crippen LogP contribution is -2.38. The van der Waals surface area contributed by atoms with Crippen molar-refractivity contribution in [3.63, 3.8) is 0 Å². The van der Waals surface area contributed by atoms with Gasteiger partial charge in [0.1, 0.15) is 0 Å². The van der Waals surface area contributed by atoms with Crippen LogP contribution >= 0.6 is 11.8 Å². The second-order valence-electron chi connectivity index (χ2n) is 4.28. The van der Waals surface area contributed by atoms with Gasteiger partial charge < -0.3 is 10.8 Å². The van der Waals surface area contributed by atoms with E-state index in [1.165, 1.54) is 4.57 Å². The Balaban J connectivity index is 3.06. The molecule has 0 saturated heterocycles. The Labute approximate surface area is 107 Å². The molecule has 0 aliphatic carbocycles. The third-order valence-electron chi connectivity index (χ3n) is 2.18. The number of hydrogen-bond donors (Lipinski definition) is 3. The number of carboxylic acid groups (broad SMARTS) is 1. The molecule has 1 heterocycles.